The van der Waals surface area contributed by atoms with Crippen molar-refractivity contribution in [3.63, 3.8) is 0 Å². The lowest BCUT2D eigenvalue weighted by atomic mass is 9.90. The van der Waals surface area contributed by atoms with Crippen molar-refractivity contribution in [2.45, 2.75) is 12.8 Å². The molecule has 0 bridgehead atoms. The highest BCUT2D eigenvalue weighted by molar-refractivity contribution is 5.70. The summed E-state index contributed by atoms with van der Waals surface area (Å²) in [5, 5.41) is 4.04. The van der Waals surface area contributed by atoms with E-state index in [9.17, 15) is 0 Å². The SMILES string of the molecule is COc1ccc2c(c1)-c1nocc1CC2. The van der Waals surface area contributed by atoms with E-state index in [0.717, 1.165) is 29.8 Å². The van der Waals surface area contributed by atoms with E-state index in [1.54, 1.807) is 13.4 Å². The van der Waals surface area contributed by atoms with Gasteiger partial charge in [-0.05, 0) is 30.5 Å². The fourth-order valence-electron chi connectivity index (χ4n) is 2.05. The lowest BCUT2D eigenvalue weighted by molar-refractivity contribution is 0.414. The molecule has 1 aliphatic rings. The van der Waals surface area contributed by atoms with Gasteiger partial charge in [-0.3, -0.25) is 0 Å². The molecule has 1 aromatic heterocycles. The molecule has 0 atom stereocenters. The molecule has 0 fully saturated rings. The van der Waals surface area contributed by atoms with Crippen molar-refractivity contribution in [1.82, 2.24) is 5.16 Å². The third kappa shape index (κ3) is 1.23. The molecular weight excluding hydrogens is 190 g/mol. The van der Waals surface area contributed by atoms with E-state index in [1.165, 1.54) is 11.1 Å². The van der Waals surface area contributed by atoms with Crippen LogP contribution in [0.4, 0.5) is 0 Å². The average Bonchev–Trinajstić information content (AvgIpc) is 2.76. The van der Waals surface area contributed by atoms with E-state index in [0.29, 0.717) is 0 Å². The van der Waals surface area contributed by atoms with Gasteiger partial charge in [-0.2, -0.15) is 0 Å². The maximum Gasteiger partial charge on any atom is 0.127 e. The fraction of sp³-hybridized carbons (Fsp3) is 0.250. The Balaban J connectivity index is 2.21. The number of hydrogen-bond acceptors (Lipinski definition) is 3. The van der Waals surface area contributed by atoms with Gasteiger partial charge in [-0.15, -0.1) is 0 Å². The number of methoxy groups -OCH3 is 1. The van der Waals surface area contributed by atoms with Crippen LogP contribution in [0.1, 0.15) is 11.1 Å². The molecule has 3 rings (SSSR count). The first kappa shape index (κ1) is 8.53. The van der Waals surface area contributed by atoms with Crippen molar-refractivity contribution >= 4 is 0 Å². The molecule has 0 amide bonds. The molecule has 0 N–H and O–H groups in total. The first-order chi connectivity index (χ1) is 7.38. The van der Waals surface area contributed by atoms with Gasteiger partial charge in [0.2, 0.25) is 0 Å². The first-order valence-corrected chi connectivity index (χ1v) is 4.99. The number of aromatic nitrogens is 1. The molecule has 2 aromatic rings. The number of fused-ring (bicyclic) bond motifs is 3. The molecule has 0 unspecified atom stereocenters. The summed E-state index contributed by atoms with van der Waals surface area (Å²) in [6, 6.07) is 6.12. The van der Waals surface area contributed by atoms with Gasteiger partial charge in [0, 0.05) is 11.1 Å². The number of rotatable bonds is 1. The Bertz CT molecular complexity index is 502. The number of ether oxygens (including phenoxy) is 1. The summed E-state index contributed by atoms with van der Waals surface area (Å²) in [6.45, 7) is 0. The monoisotopic (exact) mass is 201 g/mol. The van der Waals surface area contributed by atoms with E-state index in [2.05, 4.69) is 11.2 Å². The summed E-state index contributed by atoms with van der Waals surface area (Å²) in [7, 11) is 1.67. The number of benzene rings is 1. The quantitative estimate of drug-likeness (QED) is 0.710. The lowest BCUT2D eigenvalue weighted by Gasteiger charge is -2.14. The van der Waals surface area contributed by atoms with E-state index < -0.39 is 0 Å². The summed E-state index contributed by atoms with van der Waals surface area (Å²) in [6.07, 6.45) is 3.80. The molecule has 1 heterocycles. The third-order valence-corrected chi connectivity index (χ3v) is 2.88. The van der Waals surface area contributed by atoms with Crippen LogP contribution in [-0.2, 0) is 12.8 Å². The summed E-state index contributed by atoms with van der Waals surface area (Å²) < 4.78 is 10.2. The third-order valence-electron chi connectivity index (χ3n) is 2.88. The van der Waals surface area contributed by atoms with Gasteiger partial charge < -0.3 is 9.26 Å². The predicted molar refractivity (Wildman–Crippen MR) is 55.9 cm³/mol. The van der Waals surface area contributed by atoms with Crippen LogP contribution in [-0.4, -0.2) is 12.3 Å². The highest BCUT2D eigenvalue weighted by Crippen LogP contribution is 2.34. The van der Waals surface area contributed by atoms with Crippen molar-refractivity contribution in [2.24, 2.45) is 0 Å². The van der Waals surface area contributed by atoms with Gasteiger partial charge in [0.15, 0.2) is 0 Å². The Hall–Kier alpha value is -1.77. The van der Waals surface area contributed by atoms with Crippen molar-refractivity contribution in [3.8, 4) is 17.0 Å². The highest BCUT2D eigenvalue weighted by Gasteiger charge is 2.19. The summed E-state index contributed by atoms with van der Waals surface area (Å²) in [5.41, 5.74) is 4.62. The molecule has 3 heteroatoms. The van der Waals surface area contributed by atoms with Gasteiger partial charge in [-0.25, -0.2) is 0 Å². The second-order valence-electron chi connectivity index (χ2n) is 3.71. The second-order valence-corrected chi connectivity index (χ2v) is 3.71. The second kappa shape index (κ2) is 3.12. The molecule has 1 aliphatic carbocycles. The Labute approximate surface area is 87.7 Å². The van der Waals surface area contributed by atoms with E-state index in [-0.39, 0.29) is 0 Å². The van der Waals surface area contributed by atoms with Crippen molar-refractivity contribution < 1.29 is 9.26 Å². The zero-order valence-corrected chi connectivity index (χ0v) is 8.49. The minimum Gasteiger partial charge on any atom is -0.497 e. The summed E-state index contributed by atoms with van der Waals surface area (Å²) in [5.74, 6) is 0.865. The molecule has 0 spiro atoms. The number of hydrogen-bond donors (Lipinski definition) is 0. The maximum atomic E-state index is 5.21. The Morgan fingerprint density at radius 3 is 3.00 bits per heavy atom. The van der Waals surface area contributed by atoms with Gasteiger partial charge in [-0.1, -0.05) is 11.2 Å². The largest absolute Gasteiger partial charge is 0.497 e. The predicted octanol–water partition coefficient (Wildman–Crippen LogP) is 2.45. The standard InChI is InChI=1S/C12H11NO2/c1-14-10-5-4-8-2-3-9-7-15-13-12(9)11(8)6-10/h4-7H,2-3H2,1H3. The first-order valence-electron chi connectivity index (χ1n) is 4.99. The Kier molecular flexibility index (Phi) is 1.78. The zero-order valence-electron chi connectivity index (χ0n) is 8.49. The smallest absolute Gasteiger partial charge is 0.127 e. The molecule has 15 heavy (non-hydrogen) atoms. The van der Waals surface area contributed by atoms with Crippen molar-refractivity contribution in [1.29, 1.82) is 0 Å². The number of nitrogens with zero attached hydrogens (tertiary/aromatic N) is 1. The van der Waals surface area contributed by atoms with Crippen molar-refractivity contribution in [3.05, 3.63) is 35.6 Å². The van der Waals surface area contributed by atoms with Crippen LogP contribution in [0.15, 0.2) is 29.0 Å². The molecule has 0 saturated carbocycles. The molecule has 3 nitrogen and oxygen atoms in total. The molecule has 0 aliphatic heterocycles. The number of aryl methyl sites for hydroxylation is 2. The average molecular weight is 201 g/mol. The van der Waals surface area contributed by atoms with Crippen LogP contribution in [0.2, 0.25) is 0 Å². The van der Waals surface area contributed by atoms with Crippen LogP contribution >= 0.6 is 0 Å². The Morgan fingerprint density at radius 1 is 1.27 bits per heavy atom. The fourth-order valence-corrected chi connectivity index (χ4v) is 2.05. The van der Waals surface area contributed by atoms with Crippen LogP contribution in [0.3, 0.4) is 0 Å². The molecule has 76 valence electrons. The molecular formula is C12H11NO2. The van der Waals surface area contributed by atoms with Crippen LogP contribution in [0.5, 0.6) is 5.75 Å². The van der Waals surface area contributed by atoms with Crippen molar-refractivity contribution in [2.75, 3.05) is 7.11 Å². The summed E-state index contributed by atoms with van der Waals surface area (Å²) in [4.78, 5) is 0. The maximum absolute atomic E-state index is 5.21. The van der Waals surface area contributed by atoms with Crippen LogP contribution in [0, 0.1) is 0 Å². The molecule has 1 aromatic carbocycles. The highest BCUT2D eigenvalue weighted by atomic mass is 16.5. The minimum absolute atomic E-state index is 0.865. The van der Waals surface area contributed by atoms with Gasteiger partial charge in [0.05, 0.1) is 7.11 Å². The van der Waals surface area contributed by atoms with Crippen LogP contribution in [0.25, 0.3) is 11.3 Å². The zero-order chi connectivity index (χ0) is 10.3. The topological polar surface area (TPSA) is 35.3 Å². The lowest BCUT2D eigenvalue weighted by Crippen LogP contribution is -2.02. The Morgan fingerprint density at radius 2 is 2.13 bits per heavy atom. The molecule has 0 saturated heterocycles. The van der Waals surface area contributed by atoms with E-state index in [1.807, 2.05) is 12.1 Å². The molecule has 0 radical (unpaired) electrons. The van der Waals surface area contributed by atoms with Gasteiger partial charge in [0.1, 0.15) is 17.7 Å². The van der Waals surface area contributed by atoms with E-state index >= 15 is 0 Å². The van der Waals surface area contributed by atoms with Gasteiger partial charge in [0.25, 0.3) is 0 Å². The van der Waals surface area contributed by atoms with E-state index in [4.69, 9.17) is 9.26 Å². The summed E-state index contributed by atoms with van der Waals surface area (Å²) >= 11 is 0. The van der Waals surface area contributed by atoms with Gasteiger partial charge >= 0.3 is 0 Å². The normalized spacial score (nSPS) is 13.1. The van der Waals surface area contributed by atoms with Crippen LogP contribution < -0.4 is 4.74 Å². The minimum atomic E-state index is 0.865.